The molecule has 1 unspecified atom stereocenters. The molecule has 5 heteroatoms. The van der Waals surface area contributed by atoms with E-state index in [0.717, 1.165) is 41.8 Å². The van der Waals surface area contributed by atoms with Crippen molar-refractivity contribution in [1.29, 1.82) is 0 Å². The number of carbonyl (C=O) groups excluding carboxylic acids is 1. The van der Waals surface area contributed by atoms with Crippen LogP contribution in [0.4, 0.5) is 0 Å². The predicted octanol–water partition coefficient (Wildman–Crippen LogP) is 3.79. The molecule has 0 fully saturated rings. The first-order valence-corrected chi connectivity index (χ1v) is 8.26. The highest BCUT2D eigenvalue weighted by molar-refractivity contribution is 5.98. The number of H-pyrrole nitrogens is 1. The average Bonchev–Trinajstić information content (AvgIpc) is 3.06. The van der Waals surface area contributed by atoms with Crippen molar-refractivity contribution in [2.45, 2.75) is 25.3 Å². The smallest absolute Gasteiger partial charge is 0.253 e. The summed E-state index contributed by atoms with van der Waals surface area (Å²) in [5.41, 5.74) is 5.12. The summed E-state index contributed by atoms with van der Waals surface area (Å²) in [5.74, 6) is 0.0193. The maximum atomic E-state index is 12.4. The first kappa shape index (κ1) is 17.2. The second-order valence-electron chi connectivity index (χ2n) is 6.21. The number of pyridine rings is 1. The Hall–Kier alpha value is -2.59. The van der Waals surface area contributed by atoms with Crippen LogP contribution in [0.3, 0.4) is 0 Å². The monoisotopic (exact) mass is 353 g/mol. The van der Waals surface area contributed by atoms with Crippen LogP contribution in [0, 0.1) is 0 Å². The zero-order valence-electron chi connectivity index (χ0n) is 13.7. The van der Waals surface area contributed by atoms with Crippen molar-refractivity contribution in [3.63, 3.8) is 0 Å². The molecule has 1 atom stereocenters. The SMILES string of the molecule is Cl.O=C1NC(CCc2ccccc2)Cc2[nH]c(-c3ccncc3)cc21. The molecule has 1 aromatic carbocycles. The Bertz CT molecular complexity index is 846. The maximum Gasteiger partial charge on any atom is 0.253 e. The summed E-state index contributed by atoms with van der Waals surface area (Å²) in [6, 6.07) is 16.4. The summed E-state index contributed by atoms with van der Waals surface area (Å²) in [4.78, 5) is 19.9. The van der Waals surface area contributed by atoms with E-state index in [4.69, 9.17) is 0 Å². The van der Waals surface area contributed by atoms with Crippen molar-refractivity contribution in [3.05, 3.63) is 77.7 Å². The molecule has 1 aliphatic heterocycles. The Morgan fingerprint density at radius 3 is 2.60 bits per heavy atom. The standard InChI is InChI=1S/C20H19N3O.ClH/c24-20-17-13-18(15-8-10-21-11-9-15)23-19(17)12-16(22-20)7-6-14-4-2-1-3-5-14;/h1-5,8-11,13,16,23H,6-7,12H2,(H,22,24);1H. The lowest BCUT2D eigenvalue weighted by atomic mass is 9.96. The van der Waals surface area contributed by atoms with Crippen molar-refractivity contribution < 1.29 is 4.79 Å². The Kier molecular flexibility index (Phi) is 5.19. The van der Waals surface area contributed by atoms with E-state index in [0.29, 0.717) is 0 Å². The minimum atomic E-state index is 0. The second-order valence-corrected chi connectivity index (χ2v) is 6.21. The van der Waals surface area contributed by atoms with E-state index in [9.17, 15) is 4.79 Å². The molecule has 0 saturated heterocycles. The lowest BCUT2D eigenvalue weighted by molar-refractivity contribution is 0.0923. The Balaban J connectivity index is 0.00000182. The molecule has 0 saturated carbocycles. The van der Waals surface area contributed by atoms with Gasteiger partial charge in [-0.15, -0.1) is 12.4 Å². The number of hydrogen-bond donors (Lipinski definition) is 2. The van der Waals surface area contributed by atoms with Crippen LogP contribution in [0.5, 0.6) is 0 Å². The van der Waals surface area contributed by atoms with E-state index in [-0.39, 0.29) is 24.4 Å². The lowest BCUT2D eigenvalue weighted by Crippen LogP contribution is -2.41. The zero-order valence-corrected chi connectivity index (χ0v) is 14.6. The van der Waals surface area contributed by atoms with Crippen LogP contribution in [-0.4, -0.2) is 21.9 Å². The number of nitrogens with zero attached hydrogens (tertiary/aromatic N) is 1. The van der Waals surface area contributed by atoms with Crippen molar-refractivity contribution in [3.8, 4) is 11.3 Å². The van der Waals surface area contributed by atoms with Crippen LogP contribution in [-0.2, 0) is 12.8 Å². The van der Waals surface area contributed by atoms with Crippen LogP contribution in [0.2, 0.25) is 0 Å². The first-order chi connectivity index (χ1) is 11.8. The number of aromatic nitrogens is 2. The molecule has 2 aromatic heterocycles. The van der Waals surface area contributed by atoms with Crippen LogP contribution in [0.15, 0.2) is 60.9 Å². The third kappa shape index (κ3) is 3.74. The van der Waals surface area contributed by atoms with Crippen molar-refractivity contribution >= 4 is 18.3 Å². The third-order valence-electron chi connectivity index (χ3n) is 4.55. The largest absolute Gasteiger partial charge is 0.358 e. The first-order valence-electron chi connectivity index (χ1n) is 8.26. The molecule has 25 heavy (non-hydrogen) atoms. The van der Waals surface area contributed by atoms with Gasteiger partial charge in [0.1, 0.15) is 0 Å². The molecule has 128 valence electrons. The van der Waals surface area contributed by atoms with E-state index in [2.05, 4.69) is 39.6 Å². The van der Waals surface area contributed by atoms with Gasteiger partial charge in [0.25, 0.3) is 5.91 Å². The highest BCUT2D eigenvalue weighted by Gasteiger charge is 2.26. The molecule has 3 aromatic rings. The molecule has 4 nitrogen and oxygen atoms in total. The molecule has 0 aliphatic carbocycles. The van der Waals surface area contributed by atoms with Crippen molar-refractivity contribution in [2.75, 3.05) is 0 Å². The number of amides is 1. The quantitative estimate of drug-likeness (QED) is 0.749. The van der Waals surface area contributed by atoms with Gasteiger partial charge in [-0.05, 0) is 36.6 Å². The maximum absolute atomic E-state index is 12.4. The average molecular weight is 354 g/mol. The van der Waals surface area contributed by atoms with Gasteiger partial charge in [0.2, 0.25) is 0 Å². The number of benzene rings is 1. The number of rotatable bonds is 4. The summed E-state index contributed by atoms with van der Waals surface area (Å²) in [5, 5.41) is 3.14. The van der Waals surface area contributed by atoms with Gasteiger partial charge in [-0.2, -0.15) is 0 Å². The fourth-order valence-corrected chi connectivity index (χ4v) is 3.27. The molecule has 0 radical (unpaired) electrons. The van der Waals surface area contributed by atoms with E-state index < -0.39 is 0 Å². The Morgan fingerprint density at radius 1 is 1.08 bits per heavy atom. The Labute approximate surface area is 153 Å². The van der Waals surface area contributed by atoms with Crippen LogP contribution in [0.1, 0.15) is 28.0 Å². The summed E-state index contributed by atoms with van der Waals surface area (Å²) in [6.07, 6.45) is 6.28. The molecule has 0 spiro atoms. The zero-order chi connectivity index (χ0) is 16.4. The van der Waals surface area contributed by atoms with Gasteiger partial charge in [-0.1, -0.05) is 30.3 Å². The fraction of sp³-hybridized carbons (Fsp3) is 0.200. The van der Waals surface area contributed by atoms with Gasteiger partial charge >= 0.3 is 0 Å². The lowest BCUT2D eigenvalue weighted by Gasteiger charge is -2.23. The van der Waals surface area contributed by atoms with Crippen LogP contribution < -0.4 is 5.32 Å². The minimum Gasteiger partial charge on any atom is -0.358 e. The van der Waals surface area contributed by atoms with Crippen LogP contribution in [0.25, 0.3) is 11.3 Å². The summed E-state index contributed by atoms with van der Waals surface area (Å²) < 4.78 is 0. The number of nitrogens with one attached hydrogen (secondary N) is 2. The molecule has 3 heterocycles. The molecule has 2 N–H and O–H groups in total. The van der Waals surface area contributed by atoms with E-state index in [1.54, 1.807) is 12.4 Å². The molecule has 1 amide bonds. The van der Waals surface area contributed by atoms with Crippen molar-refractivity contribution in [1.82, 2.24) is 15.3 Å². The van der Waals surface area contributed by atoms with Crippen LogP contribution >= 0.6 is 12.4 Å². The molecule has 0 bridgehead atoms. The number of hydrogen-bond acceptors (Lipinski definition) is 2. The number of carbonyl (C=O) groups is 1. The highest BCUT2D eigenvalue weighted by Crippen LogP contribution is 2.25. The van der Waals surface area contributed by atoms with Gasteiger partial charge in [-0.3, -0.25) is 9.78 Å². The van der Waals surface area contributed by atoms with Gasteiger partial charge in [0, 0.05) is 41.8 Å². The normalized spacial score (nSPS) is 15.8. The number of fused-ring (bicyclic) bond motifs is 1. The second kappa shape index (κ2) is 7.53. The van der Waals surface area contributed by atoms with E-state index >= 15 is 0 Å². The summed E-state index contributed by atoms with van der Waals surface area (Å²) >= 11 is 0. The number of halogens is 1. The van der Waals surface area contributed by atoms with E-state index in [1.165, 1.54) is 5.56 Å². The minimum absolute atomic E-state index is 0. The van der Waals surface area contributed by atoms with Crippen molar-refractivity contribution in [2.24, 2.45) is 0 Å². The predicted molar refractivity (Wildman–Crippen MR) is 101 cm³/mol. The van der Waals surface area contributed by atoms with Gasteiger partial charge < -0.3 is 10.3 Å². The third-order valence-corrected chi connectivity index (χ3v) is 4.55. The summed E-state index contributed by atoms with van der Waals surface area (Å²) in [6.45, 7) is 0. The summed E-state index contributed by atoms with van der Waals surface area (Å²) in [7, 11) is 0. The van der Waals surface area contributed by atoms with Gasteiger partial charge in [-0.25, -0.2) is 0 Å². The number of aromatic amines is 1. The molecule has 4 rings (SSSR count). The number of aryl methyl sites for hydroxylation is 1. The molecule has 1 aliphatic rings. The fourth-order valence-electron chi connectivity index (χ4n) is 3.27. The molecular formula is C20H20ClN3O. The topological polar surface area (TPSA) is 57.8 Å². The molecular weight excluding hydrogens is 334 g/mol. The Morgan fingerprint density at radius 2 is 1.84 bits per heavy atom. The van der Waals surface area contributed by atoms with Gasteiger partial charge in [0.15, 0.2) is 0 Å². The van der Waals surface area contributed by atoms with Gasteiger partial charge in [0.05, 0.1) is 5.56 Å². The highest BCUT2D eigenvalue weighted by atomic mass is 35.5. The van der Waals surface area contributed by atoms with E-state index in [1.807, 2.05) is 24.3 Å².